The summed E-state index contributed by atoms with van der Waals surface area (Å²) in [6.45, 7) is 11.1. The Labute approximate surface area is 155 Å². The normalized spacial score (nSPS) is 15.1. The Bertz CT molecular complexity index is 769. The minimum atomic E-state index is -0.00939. The maximum atomic E-state index is 12.8. The fourth-order valence-corrected chi connectivity index (χ4v) is 3.21. The number of aromatic nitrogens is 2. The van der Waals surface area contributed by atoms with Crippen LogP contribution in [0.2, 0.25) is 0 Å². The van der Waals surface area contributed by atoms with Gasteiger partial charge in [-0.2, -0.15) is 0 Å². The number of piperazine rings is 1. The molecule has 6 nitrogen and oxygen atoms in total. The van der Waals surface area contributed by atoms with Crippen molar-refractivity contribution in [2.45, 2.75) is 27.3 Å². The smallest absolute Gasteiger partial charge is 0.272 e. The Morgan fingerprint density at radius 1 is 1.12 bits per heavy atom. The van der Waals surface area contributed by atoms with Crippen molar-refractivity contribution in [1.29, 1.82) is 0 Å². The van der Waals surface area contributed by atoms with Gasteiger partial charge in [-0.05, 0) is 26.0 Å². The van der Waals surface area contributed by atoms with Crippen molar-refractivity contribution >= 4 is 11.7 Å². The first-order valence-corrected chi connectivity index (χ1v) is 9.22. The summed E-state index contributed by atoms with van der Waals surface area (Å²) in [5.74, 6) is 1.29. The van der Waals surface area contributed by atoms with Crippen LogP contribution in [-0.2, 0) is 6.54 Å². The van der Waals surface area contributed by atoms with Gasteiger partial charge in [-0.25, -0.2) is 9.97 Å². The van der Waals surface area contributed by atoms with Crippen LogP contribution in [0.25, 0.3) is 0 Å². The zero-order valence-corrected chi connectivity index (χ0v) is 15.8. The third kappa shape index (κ3) is 4.58. The molecule has 2 aromatic rings. The third-order valence-corrected chi connectivity index (χ3v) is 4.72. The van der Waals surface area contributed by atoms with Crippen molar-refractivity contribution in [2.24, 2.45) is 0 Å². The molecule has 0 bridgehead atoms. The van der Waals surface area contributed by atoms with Gasteiger partial charge in [-0.3, -0.25) is 4.79 Å². The van der Waals surface area contributed by atoms with Crippen molar-refractivity contribution in [3.63, 3.8) is 0 Å². The van der Waals surface area contributed by atoms with E-state index >= 15 is 0 Å². The number of nitrogens with one attached hydrogen (secondary N) is 1. The Hall–Kier alpha value is -2.47. The number of anilines is 1. The molecule has 6 heteroatoms. The van der Waals surface area contributed by atoms with Crippen LogP contribution in [0.1, 0.15) is 34.4 Å². The molecule has 1 aliphatic rings. The highest BCUT2D eigenvalue weighted by Crippen LogP contribution is 2.13. The second kappa shape index (κ2) is 8.27. The predicted molar refractivity (Wildman–Crippen MR) is 103 cm³/mol. The minimum Gasteiger partial charge on any atom is -0.366 e. The molecule has 1 fully saturated rings. The lowest BCUT2D eigenvalue weighted by molar-refractivity contribution is 0.0637. The van der Waals surface area contributed by atoms with Gasteiger partial charge in [0.15, 0.2) is 0 Å². The minimum absolute atomic E-state index is 0.00939. The molecular formula is C20H27N5O. The highest BCUT2D eigenvalue weighted by molar-refractivity contribution is 5.93. The number of rotatable bonds is 5. The summed E-state index contributed by atoms with van der Waals surface area (Å²) in [5, 5.41) is 3.31. The van der Waals surface area contributed by atoms with E-state index in [-0.39, 0.29) is 5.91 Å². The van der Waals surface area contributed by atoms with Gasteiger partial charge in [0.1, 0.15) is 17.3 Å². The molecule has 2 heterocycles. The molecule has 3 rings (SSSR count). The molecule has 0 spiro atoms. The van der Waals surface area contributed by atoms with Crippen LogP contribution in [0.15, 0.2) is 30.3 Å². The average molecular weight is 353 g/mol. The van der Waals surface area contributed by atoms with Crippen LogP contribution in [-0.4, -0.2) is 58.4 Å². The van der Waals surface area contributed by atoms with Crippen LogP contribution in [0, 0.1) is 13.8 Å². The fraction of sp³-hybridized carbons (Fsp3) is 0.450. The van der Waals surface area contributed by atoms with E-state index in [4.69, 9.17) is 0 Å². The summed E-state index contributed by atoms with van der Waals surface area (Å²) < 4.78 is 0. The number of amides is 1. The quantitative estimate of drug-likeness (QED) is 0.895. The SMILES string of the molecule is CCN1CCN(C(=O)c2cc(NCc3cccc(C)c3)nc(C)n2)CC1. The Morgan fingerprint density at radius 2 is 1.88 bits per heavy atom. The molecule has 0 saturated carbocycles. The number of aryl methyl sites for hydroxylation is 2. The summed E-state index contributed by atoms with van der Waals surface area (Å²) in [6, 6.07) is 10.1. The summed E-state index contributed by atoms with van der Waals surface area (Å²) in [7, 11) is 0. The van der Waals surface area contributed by atoms with Crippen molar-refractivity contribution in [3.8, 4) is 0 Å². The molecule has 0 atom stereocenters. The topological polar surface area (TPSA) is 61.4 Å². The number of nitrogens with zero attached hydrogens (tertiary/aromatic N) is 4. The van der Waals surface area contributed by atoms with Crippen LogP contribution < -0.4 is 5.32 Å². The van der Waals surface area contributed by atoms with Gasteiger partial charge in [-0.15, -0.1) is 0 Å². The molecule has 0 radical (unpaired) electrons. The standard InChI is InChI=1S/C20H27N5O/c1-4-24-8-10-25(11-9-24)20(26)18-13-19(23-16(3)22-18)21-14-17-7-5-6-15(2)12-17/h5-7,12-13H,4,8-11,14H2,1-3H3,(H,21,22,23). The zero-order valence-electron chi connectivity index (χ0n) is 15.8. The Kier molecular flexibility index (Phi) is 5.83. The van der Waals surface area contributed by atoms with E-state index < -0.39 is 0 Å². The number of carbonyl (C=O) groups is 1. The van der Waals surface area contributed by atoms with Crippen LogP contribution in [0.3, 0.4) is 0 Å². The Morgan fingerprint density at radius 3 is 2.58 bits per heavy atom. The van der Waals surface area contributed by atoms with E-state index in [0.29, 0.717) is 23.9 Å². The molecule has 1 aliphatic heterocycles. The summed E-state index contributed by atoms with van der Waals surface area (Å²) in [5.41, 5.74) is 2.88. The van der Waals surface area contributed by atoms with E-state index in [1.54, 1.807) is 6.07 Å². The molecule has 138 valence electrons. The van der Waals surface area contributed by atoms with Crippen molar-refractivity contribution < 1.29 is 4.79 Å². The van der Waals surface area contributed by atoms with Crippen molar-refractivity contribution in [3.05, 3.63) is 53.0 Å². The number of hydrogen-bond donors (Lipinski definition) is 1. The number of hydrogen-bond acceptors (Lipinski definition) is 5. The highest BCUT2D eigenvalue weighted by Gasteiger charge is 2.23. The molecule has 1 saturated heterocycles. The zero-order chi connectivity index (χ0) is 18.5. The molecule has 26 heavy (non-hydrogen) atoms. The lowest BCUT2D eigenvalue weighted by atomic mass is 10.1. The number of carbonyl (C=O) groups excluding carboxylic acids is 1. The molecular weight excluding hydrogens is 326 g/mol. The van der Waals surface area contributed by atoms with E-state index in [9.17, 15) is 4.79 Å². The van der Waals surface area contributed by atoms with Gasteiger partial charge in [-0.1, -0.05) is 36.8 Å². The number of likely N-dealkylation sites (N-methyl/N-ethyl adjacent to an activating group) is 1. The van der Waals surface area contributed by atoms with E-state index in [1.807, 2.05) is 17.9 Å². The van der Waals surface area contributed by atoms with Crippen molar-refractivity contribution in [2.75, 3.05) is 38.0 Å². The highest BCUT2D eigenvalue weighted by atomic mass is 16.2. The first kappa shape index (κ1) is 18.3. The van der Waals surface area contributed by atoms with Crippen LogP contribution >= 0.6 is 0 Å². The lowest BCUT2D eigenvalue weighted by Gasteiger charge is -2.33. The van der Waals surface area contributed by atoms with Gasteiger partial charge in [0.2, 0.25) is 0 Å². The van der Waals surface area contributed by atoms with Gasteiger partial charge in [0.25, 0.3) is 5.91 Å². The Balaban J connectivity index is 1.68. The summed E-state index contributed by atoms with van der Waals surface area (Å²) in [6.07, 6.45) is 0. The first-order valence-electron chi connectivity index (χ1n) is 9.22. The summed E-state index contributed by atoms with van der Waals surface area (Å²) >= 11 is 0. The van der Waals surface area contributed by atoms with Crippen molar-refractivity contribution in [1.82, 2.24) is 19.8 Å². The fourth-order valence-electron chi connectivity index (χ4n) is 3.21. The first-order chi connectivity index (χ1) is 12.5. The maximum Gasteiger partial charge on any atom is 0.272 e. The van der Waals surface area contributed by atoms with Gasteiger partial charge in [0, 0.05) is 38.8 Å². The monoisotopic (exact) mass is 353 g/mol. The molecule has 1 N–H and O–H groups in total. The van der Waals surface area contributed by atoms with Gasteiger partial charge < -0.3 is 15.1 Å². The molecule has 1 amide bonds. The van der Waals surface area contributed by atoms with E-state index in [0.717, 1.165) is 32.7 Å². The predicted octanol–water partition coefficient (Wildman–Crippen LogP) is 2.48. The second-order valence-corrected chi connectivity index (χ2v) is 6.75. The number of benzene rings is 1. The summed E-state index contributed by atoms with van der Waals surface area (Å²) in [4.78, 5) is 25.8. The van der Waals surface area contributed by atoms with E-state index in [1.165, 1.54) is 11.1 Å². The maximum absolute atomic E-state index is 12.8. The second-order valence-electron chi connectivity index (χ2n) is 6.75. The molecule has 1 aromatic carbocycles. The lowest BCUT2D eigenvalue weighted by Crippen LogP contribution is -2.48. The third-order valence-electron chi connectivity index (χ3n) is 4.72. The largest absolute Gasteiger partial charge is 0.366 e. The molecule has 0 aliphatic carbocycles. The average Bonchev–Trinajstić information content (AvgIpc) is 2.65. The van der Waals surface area contributed by atoms with Crippen LogP contribution in [0.4, 0.5) is 5.82 Å². The van der Waals surface area contributed by atoms with Gasteiger partial charge >= 0.3 is 0 Å². The van der Waals surface area contributed by atoms with Crippen LogP contribution in [0.5, 0.6) is 0 Å². The molecule has 0 unspecified atom stereocenters. The van der Waals surface area contributed by atoms with Gasteiger partial charge in [0.05, 0.1) is 0 Å². The molecule has 1 aromatic heterocycles. The van der Waals surface area contributed by atoms with E-state index in [2.05, 4.69) is 52.2 Å².